The molecule has 0 amide bonds. The van der Waals surface area contributed by atoms with Gasteiger partial charge in [-0.2, -0.15) is 6.42 Å². The van der Waals surface area contributed by atoms with E-state index in [1.807, 2.05) is 6.92 Å². The van der Waals surface area contributed by atoms with Gasteiger partial charge in [0, 0.05) is 14.2 Å². The summed E-state index contributed by atoms with van der Waals surface area (Å²) < 4.78 is 4.25. The Bertz CT molecular complexity index is 10.0. The molecule has 40 valence electrons. The summed E-state index contributed by atoms with van der Waals surface area (Å²) >= 11 is 0. The van der Waals surface area contributed by atoms with Crippen LogP contribution in [-0.2, 0) is 4.74 Å². The van der Waals surface area contributed by atoms with Gasteiger partial charge in [0.25, 0.3) is 0 Å². The second-order valence-electron chi connectivity index (χ2n) is 0.908. The van der Waals surface area contributed by atoms with Gasteiger partial charge in [0.15, 0.2) is 0 Å². The third kappa shape index (κ3) is 438. The smallest absolute Gasteiger partial charge is 0.388 e. The molecular weight excluding hydrogens is 83.0 g/mol. The summed E-state index contributed by atoms with van der Waals surface area (Å²) in [7, 11) is 3.25. The first-order valence-electron chi connectivity index (χ1n) is 2.02. The van der Waals surface area contributed by atoms with Crippen molar-refractivity contribution in [2.24, 2.45) is 0 Å². The van der Waals surface area contributed by atoms with Crippen LogP contribution in [0.3, 0.4) is 0 Å². The van der Waals surface area contributed by atoms with Gasteiger partial charge in [0.2, 0.25) is 0 Å². The van der Waals surface area contributed by atoms with Crippen molar-refractivity contribution in [3.8, 4) is 0 Å². The van der Waals surface area contributed by atoms with Crippen LogP contribution in [-0.4, -0.2) is 14.2 Å². The van der Waals surface area contributed by atoms with E-state index in [1.165, 1.54) is 0 Å². The Labute approximate surface area is 58.6 Å². The van der Waals surface area contributed by atoms with Crippen molar-refractivity contribution in [3.63, 3.8) is 0 Å². The minimum atomic E-state index is 0. The van der Waals surface area contributed by atoms with Gasteiger partial charge in [-0.15, -0.1) is 0 Å². The molecule has 0 saturated carbocycles. The normalized spacial score (nSPS) is 5.14. The molecule has 0 unspecified atom stereocenters. The minimum absolute atomic E-state index is 0. The summed E-state index contributed by atoms with van der Waals surface area (Å²) in [6, 6.07) is 0. The topological polar surface area (TPSA) is 9.23 Å². The molecule has 0 aromatic carbocycles. The van der Waals surface area contributed by atoms with Crippen molar-refractivity contribution in [1.82, 2.24) is 0 Å². The number of hydrogen-bond donors (Lipinski definition) is 0. The molecule has 0 aromatic rings. The van der Waals surface area contributed by atoms with Crippen LogP contribution in [0.5, 0.6) is 0 Å². The molecule has 2 heteroatoms. The van der Waals surface area contributed by atoms with Crippen LogP contribution in [0.2, 0.25) is 0 Å². The van der Waals surface area contributed by atoms with Gasteiger partial charge in [-0.05, 0) is 0 Å². The minimum Gasteiger partial charge on any atom is -0.388 e. The van der Waals surface area contributed by atoms with E-state index in [4.69, 9.17) is 0 Å². The predicted molar refractivity (Wildman–Crippen MR) is 28.6 cm³/mol. The molecule has 0 heterocycles. The number of ether oxygens (including phenoxy) is 1. The first-order valence-corrected chi connectivity index (χ1v) is 2.02. The van der Waals surface area contributed by atoms with Gasteiger partial charge < -0.3 is 11.7 Å². The standard InChI is InChI=1S/C3H7.C2H6O.Li/c2*1-3-2;/h1,3H2,2H3;1-2H3;/q-1;;+1. The summed E-state index contributed by atoms with van der Waals surface area (Å²) in [5.41, 5.74) is 0. The van der Waals surface area contributed by atoms with E-state index in [-0.39, 0.29) is 18.9 Å². The zero-order valence-electron chi connectivity index (χ0n) is 5.82. The van der Waals surface area contributed by atoms with Crippen molar-refractivity contribution >= 4 is 0 Å². The van der Waals surface area contributed by atoms with Crippen LogP contribution in [0.4, 0.5) is 0 Å². The maximum Gasteiger partial charge on any atom is 1.00 e. The van der Waals surface area contributed by atoms with E-state index >= 15 is 0 Å². The van der Waals surface area contributed by atoms with Crippen LogP contribution < -0.4 is 18.9 Å². The first kappa shape index (κ1) is 15.6. The Hall–Kier alpha value is 0.557. The van der Waals surface area contributed by atoms with Gasteiger partial charge >= 0.3 is 18.9 Å². The van der Waals surface area contributed by atoms with E-state index in [9.17, 15) is 0 Å². The molecule has 0 spiro atoms. The number of rotatable bonds is 0. The Morgan fingerprint density at radius 2 is 1.43 bits per heavy atom. The zero-order valence-corrected chi connectivity index (χ0v) is 5.82. The maximum atomic E-state index is 4.25. The van der Waals surface area contributed by atoms with Crippen molar-refractivity contribution < 1.29 is 23.6 Å². The second kappa shape index (κ2) is 31.0. The van der Waals surface area contributed by atoms with E-state index in [1.54, 1.807) is 14.2 Å². The van der Waals surface area contributed by atoms with Crippen LogP contribution in [0.25, 0.3) is 0 Å². The van der Waals surface area contributed by atoms with Crippen LogP contribution in [0, 0.1) is 6.92 Å². The summed E-state index contributed by atoms with van der Waals surface area (Å²) in [5.74, 6) is 0. The van der Waals surface area contributed by atoms with E-state index in [0.717, 1.165) is 6.42 Å². The summed E-state index contributed by atoms with van der Waals surface area (Å²) in [5, 5.41) is 0. The molecule has 0 saturated heterocycles. The molecule has 1 nitrogen and oxygen atoms in total. The fourth-order valence-electron chi connectivity index (χ4n) is 0. The van der Waals surface area contributed by atoms with Crippen LogP contribution in [0.1, 0.15) is 13.3 Å². The van der Waals surface area contributed by atoms with Crippen molar-refractivity contribution in [2.45, 2.75) is 13.3 Å². The molecule has 0 fully saturated rings. The molecule has 0 N–H and O–H groups in total. The quantitative estimate of drug-likeness (QED) is 0.263. The van der Waals surface area contributed by atoms with Crippen molar-refractivity contribution in [3.05, 3.63) is 6.92 Å². The SMILES string of the molecule is COC.[CH2-]CC.[Li+]. The first-order chi connectivity index (χ1) is 2.83. The Balaban J connectivity index is -0.0000000400. The fourth-order valence-corrected chi connectivity index (χ4v) is 0. The van der Waals surface area contributed by atoms with Gasteiger partial charge in [-0.25, -0.2) is 0 Å². The largest absolute Gasteiger partial charge is 1.00 e. The summed E-state index contributed by atoms with van der Waals surface area (Å²) in [6.45, 7) is 5.50. The third-order valence-electron chi connectivity index (χ3n) is 0. The Morgan fingerprint density at radius 1 is 1.43 bits per heavy atom. The van der Waals surface area contributed by atoms with Crippen LogP contribution >= 0.6 is 0 Å². The van der Waals surface area contributed by atoms with E-state index in [2.05, 4.69) is 11.7 Å². The summed E-state index contributed by atoms with van der Waals surface area (Å²) in [6.07, 6.45) is 1.00. The molecular formula is C5H13LiO. The molecule has 0 atom stereocenters. The zero-order chi connectivity index (χ0) is 5.41. The predicted octanol–water partition coefficient (Wildman–Crippen LogP) is -1.50. The second-order valence-corrected chi connectivity index (χ2v) is 0.908. The van der Waals surface area contributed by atoms with Gasteiger partial charge in [0.1, 0.15) is 0 Å². The average molecular weight is 96.1 g/mol. The maximum absolute atomic E-state index is 4.25. The molecule has 0 bridgehead atoms. The van der Waals surface area contributed by atoms with Gasteiger partial charge in [0.05, 0.1) is 0 Å². The number of methoxy groups -OCH3 is 1. The van der Waals surface area contributed by atoms with Gasteiger partial charge in [-0.3, -0.25) is 0 Å². The van der Waals surface area contributed by atoms with E-state index < -0.39 is 0 Å². The third-order valence-corrected chi connectivity index (χ3v) is 0. The van der Waals surface area contributed by atoms with Crippen molar-refractivity contribution in [1.29, 1.82) is 0 Å². The molecule has 0 aliphatic carbocycles. The molecule has 0 aromatic heterocycles. The fraction of sp³-hybridized carbons (Fsp3) is 0.800. The number of hydrogen-bond acceptors (Lipinski definition) is 1. The van der Waals surface area contributed by atoms with Crippen LogP contribution in [0.15, 0.2) is 0 Å². The van der Waals surface area contributed by atoms with E-state index in [0.29, 0.717) is 0 Å². The molecule has 0 radical (unpaired) electrons. The average Bonchev–Trinajstić information content (AvgIpc) is 1.39. The molecule has 7 heavy (non-hydrogen) atoms. The molecule has 0 aliphatic heterocycles. The summed E-state index contributed by atoms with van der Waals surface area (Å²) in [4.78, 5) is 0. The molecule has 0 rings (SSSR count). The van der Waals surface area contributed by atoms with Crippen molar-refractivity contribution in [2.75, 3.05) is 14.2 Å². The Kier molecular flexibility index (Phi) is 69.2. The molecule has 0 aliphatic rings. The van der Waals surface area contributed by atoms with Gasteiger partial charge in [-0.1, -0.05) is 6.92 Å². The Morgan fingerprint density at radius 3 is 1.43 bits per heavy atom. The monoisotopic (exact) mass is 96.1 g/mol.